The summed E-state index contributed by atoms with van der Waals surface area (Å²) in [4.78, 5) is 0. The van der Waals surface area contributed by atoms with E-state index in [1.807, 2.05) is 13.2 Å². The molecule has 0 aliphatic carbocycles. The third kappa shape index (κ3) is 3.70. The molecule has 1 unspecified atom stereocenters. The van der Waals surface area contributed by atoms with Gasteiger partial charge in [0.2, 0.25) is 0 Å². The summed E-state index contributed by atoms with van der Waals surface area (Å²) in [5.74, 6) is 1.45. The normalized spacial score (nSPS) is 12.8. The Bertz CT molecular complexity index is 262. The fraction of sp³-hybridized carbons (Fsp3) is 0.700. The van der Waals surface area contributed by atoms with E-state index in [1.165, 1.54) is 12.8 Å². The lowest BCUT2D eigenvalue weighted by Gasteiger charge is -2.12. The summed E-state index contributed by atoms with van der Waals surface area (Å²) in [6, 6.07) is 0. The summed E-state index contributed by atoms with van der Waals surface area (Å²) in [5.41, 5.74) is 0. The highest BCUT2D eigenvalue weighted by Gasteiger charge is 2.07. The van der Waals surface area contributed by atoms with E-state index in [0.29, 0.717) is 5.92 Å². The van der Waals surface area contributed by atoms with Crippen molar-refractivity contribution in [3.8, 4) is 5.75 Å². The van der Waals surface area contributed by atoms with E-state index in [2.05, 4.69) is 28.0 Å². The molecule has 0 radical (unpaired) electrons. The Morgan fingerprint density at radius 1 is 1.64 bits per heavy atom. The van der Waals surface area contributed by atoms with Gasteiger partial charge in [0.1, 0.15) is 0 Å². The fourth-order valence-corrected chi connectivity index (χ4v) is 1.81. The Morgan fingerprint density at radius 3 is 2.93 bits per heavy atom. The third-order valence-corrected chi connectivity index (χ3v) is 3.00. The predicted molar refractivity (Wildman–Crippen MR) is 60.9 cm³/mol. The molecular formula is C10H17BrN2O. The zero-order valence-electron chi connectivity index (χ0n) is 8.74. The van der Waals surface area contributed by atoms with Crippen LogP contribution >= 0.6 is 15.9 Å². The molecule has 0 bridgehead atoms. The standard InChI is InChI=1S/C10H17BrN2O/c1-3-4-9(5-11)8-14-10-6-12-13(2)7-10/h6-7,9H,3-5,8H2,1-2H3. The predicted octanol–water partition coefficient (Wildman–Crippen LogP) is 2.61. The number of hydrogen-bond donors (Lipinski definition) is 0. The molecule has 1 aromatic heterocycles. The zero-order valence-corrected chi connectivity index (χ0v) is 10.3. The number of hydrogen-bond acceptors (Lipinski definition) is 2. The smallest absolute Gasteiger partial charge is 0.157 e. The average molecular weight is 261 g/mol. The number of rotatable bonds is 6. The van der Waals surface area contributed by atoms with Crippen molar-refractivity contribution in [2.45, 2.75) is 19.8 Å². The first-order chi connectivity index (χ1) is 6.76. The summed E-state index contributed by atoms with van der Waals surface area (Å²) >= 11 is 3.49. The lowest BCUT2D eigenvalue weighted by atomic mass is 10.1. The molecule has 3 nitrogen and oxygen atoms in total. The van der Waals surface area contributed by atoms with Crippen LogP contribution in [0.3, 0.4) is 0 Å². The number of aryl methyl sites for hydroxylation is 1. The van der Waals surface area contributed by atoms with Crippen LogP contribution in [-0.4, -0.2) is 21.7 Å². The van der Waals surface area contributed by atoms with Crippen molar-refractivity contribution in [3.63, 3.8) is 0 Å². The molecular weight excluding hydrogens is 244 g/mol. The maximum absolute atomic E-state index is 5.62. The molecule has 0 fully saturated rings. The molecule has 0 N–H and O–H groups in total. The van der Waals surface area contributed by atoms with Crippen LogP contribution in [0.25, 0.3) is 0 Å². The third-order valence-electron chi connectivity index (χ3n) is 2.08. The minimum atomic E-state index is 0.597. The van der Waals surface area contributed by atoms with Crippen LogP contribution in [0, 0.1) is 5.92 Å². The van der Waals surface area contributed by atoms with Gasteiger partial charge in [-0.25, -0.2) is 0 Å². The summed E-state index contributed by atoms with van der Waals surface area (Å²) in [6.07, 6.45) is 6.03. The first kappa shape index (κ1) is 11.6. The van der Waals surface area contributed by atoms with Gasteiger partial charge in [-0.3, -0.25) is 4.68 Å². The largest absolute Gasteiger partial charge is 0.490 e. The molecule has 14 heavy (non-hydrogen) atoms. The molecule has 80 valence electrons. The Kier molecular flexibility index (Phi) is 5.01. The van der Waals surface area contributed by atoms with E-state index in [4.69, 9.17) is 4.74 Å². The van der Waals surface area contributed by atoms with Crippen molar-refractivity contribution in [1.29, 1.82) is 0 Å². The molecule has 0 aliphatic rings. The lowest BCUT2D eigenvalue weighted by molar-refractivity contribution is 0.255. The maximum Gasteiger partial charge on any atom is 0.157 e. The molecule has 0 aromatic carbocycles. The first-order valence-corrected chi connectivity index (χ1v) is 6.05. The van der Waals surface area contributed by atoms with E-state index < -0.39 is 0 Å². The average Bonchev–Trinajstić information content (AvgIpc) is 2.59. The van der Waals surface area contributed by atoms with Gasteiger partial charge in [0.15, 0.2) is 5.75 Å². The SMILES string of the molecule is CCCC(CBr)COc1cnn(C)c1. The Balaban J connectivity index is 2.31. The van der Waals surface area contributed by atoms with Gasteiger partial charge in [-0.05, 0) is 6.42 Å². The molecule has 0 spiro atoms. The number of ether oxygens (including phenoxy) is 1. The number of nitrogens with zero attached hydrogens (tertiary/aromatic N) is 2. The van der Waals surface area contributed by atoms with Crippen LogP contribution in [0.4, 0.5) is 0 Å². The molecule has 0 amide bonds. The molecule has 4 heteroatoms. The fourth-order valence-electron chi connectivity index (χ4n) is 1.30. The van der Waals surface area contributed by atoms with Crippen molar-refractivity contribution in [2.24, 2.45) is 13.0 Å². The quantitative estimate of drug-likeness (QED) is 0.736. The zero-order chi connectivity index (χ0) is 10.4. The summed E-state index contributed by atoms with van der Waals surface area (Å²) in [5, 5.41) is 5.05. The van der Waals surface area contributed by atoms with Crippen LogP contribution in [0.15, 0.2) is 12.4 Å². The molecule has 1 atom stereocenters. The topological polar surface area (TPSA) is 27.1 Å². The number of alkyl halides is 1. The van der Waals surface area contributed by atoms with Gasteiger partial charge in [0.25, 0.3) is 0 Å². The highest BCUT2D eigenvalue weighted by atomic mass is 79.9. The highest BCUT2D eigenvalue weighted by molar-refractivity contribution is 9.09. The van der Waals surface area contributed by atoms with Crippen LogP contribution in [0.1, 0.15) is 19.8 Å². The molecule has 1 aromatic rings. The number of aromatic nitrogens is 2. The van der Waals surface area contributed by atoms with Gasteiger partial charge in [-0.2, -0.15) is 5.10 Å². The highest BCUT2D eigenvalue weighted by Crippen LogP contribution is 2.13. The first-order valence-electron chi connectivity index (χ1n) is 4.93. The minimum Gasteiger partial charge on any atom is -0.490 e. The van der Waals surface area contributed by atoms with Crippen LogP contribution < -0.4 is 4.74 Å². The lowest BCUT2D eigenvalue weighted by Crippen LogP contribution is -2.12. The van der Waals surface area contributed by atoms with Crippen molar-refractivity contribution in [3.05, 3.63) is 12.4 Å². The second-order valence-electron chi connectivity index (χ2n) is 3.47. The molecule has 0 saturated carbocycles. The van der Waals surface area contributed by atoms with Crippen molar-refractivity contribution in [2.75, 3.05) is 11.9 Å². The Hall–Kier alpha value is -0.510. The van der Waals surface area contributed by atoms with Gasteiger partial charge in [-0.1, -0.05) is 29.3 Å². The van der Waals surface area contributed by atoms with E-state index in [0.717, 1.165) is 17.7 Å². The van der Waals surface area contributed by atoms with Crippen molar-refractivity contribution < 1.29 is 4.74 Å². The molecule has 1 heterocycles. The molecule has 0 saturated heterocycles. The van der Waals surface area contributed by atoms with E-state index in [1.54, 1.807) is 10.9 Å². The van der Waals surface area contributed by atoms with Crippen molar-refractivity contribution in [1.82, 2.24) is 9.78 Å². The summed E-state index contributed by atoms with van der Waals surface area (Å²) < 4.78 is 7.37. The number of halogens is 1. The van der Waals surface area contributed by atoms with Crippen LogP contribution in [-0.2, 0) is 7.05 Å². The summed E-state index contributed by atoms with van der Waals surface area (Å²) in [7, 11) is 1.89. The summed E-state index contributed by atoms with van der Waals surface area (Å²) in [6.45, 7) is 2.96. The van der Waals surface area contributed by atoms with E-state index >= 15 is 0 Å². The monoisotopic (exact) mass is 260 g/mol. The molecule has 0 aliphatic heterocycles. The van der Waals surface area contributed by atoms with E-state index in [-0.39, 0.29) is 0 Å². The molecule has 1 rings (SSSR count). The van der Waals surface area contributed by atoms with Gasteiger partial charge in [0.05, 0.1) is 19.0 Å². The van der Waals surface area contributed by atoms with Crippen LogP contribution in [0.5, 0.6) is 5.75 Å². The van der Waals surface area contributed by atoms with Gasteiger partial charge >= 0.3 is 0 Å². The second-order valence-corrected chi connectivity index (χ2v) is 4.12. The Morgan fingerprint density at radius 2 is 2.43 bits per heavy atom. The minimum absolute atomic E-state index is 0.597. The van der Waals surface area contributed by atoms with Crippen molar-refractivity contribution >= 4 is 15.9 Å². The Labute approximate surface area is 93.6 Å². The van der Waals surface area contributed by atoms with Crippen LogP contribution in [0.2, 0.25) is 0 Å². The van der Waals surface area contributed by atoms with Gasteiger partial charge in [0, 0.05) is 18.3 Å². The van der Waals surface area contributed by atoms with Gasteiger partial charge < -0.3 is 4.74 Å². The van der Waals surface area contributed by atoms with Gasteiger partial charge in [-0.15, -0.1) is 0 Å². The second kappa shape index (κ2) is 6.06. The maximum atomic E-state index is 5.62. The van der Waals surface area contributed by atoms with E-state index in [9.17, 15) is 0 Å².